The molecule has 0 saturated carbocycles. The number of hydrogen-bond donors (Lipinski definition) is 1. The van der Waals surface area contributed by atoms with Crippen molar-refractivity contribution in [2.45, 2.75) is 50.2 Å². The highest BCUT2D eigenvalue weighted by Crippen LogP contribution is 2.31. The summed E-state index contributed by atoms with van der Waals surface area (Å²) in [7, 11) is 1.87. The van der Waals surface area contributed by atoms with Gasteiger partial charge in [0.25, 0.3) is 0 Å². The van der Waals surface area contributed by atoms with Gasteiger partial charge in [0, 0.05) is 30.4 Å². The third-order valence-corrected chi connectivity index (χ3v) is 3.94. The van der Waals surface area contributed by atoms with Gasteiger partial charge < -0.3 is 5.32 Å². The largest absolute Gasteiger partial charge is 0.373 e. The molecule has 6 heteroatoms. The second-order valence-electron chi connectivity index (χ2n) is 5.97. The van der Waals surface area contributed by atoms with E-state index >= 15 is 0 Å². The zero-order valence-electron chi connectivity index (χ0n) is 13.4. The van der Waals surface area contributed by atoms with Crippen LogP contribution in [0.4, 0.5) is 5.82 Å². The van der Waals surface area contributed by atoms with E-state index in [0.717, 1.165) is 27.8 Å². The SMILES string of the molecule is CNc1nc(C(C)(C)C)nc(Sc2ncc(C)cn2)c1C. The van der Waals surface area contributed by atoms with Gasteiger partial charge in [0.15, 0.2) is 5.16 Å². The Hall–Kier alpha value is -1.69. The molecule has 0 unspecified atom stereocenters. The summed E-state index contributed by atoms with van der Waals surface area (Å²) in [6.45, 7) is 10.3. The first-order chi connectivity index (χ1) is 9.81. The van der Waals surface area contributed by atoms with Crippen molar-refractivity contribution in [3.05, 3.63) is 29.3 Å². The summed E-state index contributed by atoms with van der Waals surface area (Å²) in [6.07, 6.45) is 3.63. The zero-order chi connectivity index (χ0) is 15.6. The normalized spacial score (nSPS) is 11.5. The summed E-state index contributed by atoms with van der Waals surface area (Å²) in [4.78, 5) is 18.0. The van der Waals surface area contributed by atoms with Crippen LogP contribution in [0.15, 0.2) is 22.6 Å². The number of nitrogens with one attached hydrogen (secondary N) is 1. The lowest BCUT2D eigenvalue weighted by molar-refractivity contribution is 0.538. The first-order valence-corrected chi connectivity index (χ1v) is 7.66. The van der Waals surface area contributed by atoms with E-state index in [4.69, 9.17) is 4.98 Å². The van der Waals surface area contributed by atoms with E-state index in [1.165, 1.54) is 11.8 Å². The van der Waals surface area contributed by atoms with Gasteiger partial charge in [-0.2, -0.15) is 0 Å². The summed E-state index contributed by atoms with van der Waals surface area (Å²) < 4.78 is 0. The molecule has 0 spiro atoms. The molecule has 0 aromatic carbocycles. The van der Waals surface area contributed by atoms with Crippen molar-refractivity contribution < 1.29 is 0 Å². The fraction of sp³-hybridized carbons (Fsp3) is 0.467. The first-order valence-electron chi connectivity index (χ1n) is 6.84. The highest BCUT2D eigenvalue weighted by molar-refractivity contribution is 7.99. The van der Waals surface area contributed by atoms with Crippen LogP contribution in [0.25, 0.3) is 0 Å². The maximum atomic E-state index is 4.70. The number of aryl methyl sites for hydroxylation is 1. The van der Waals surface area contributed by atoms with Crippen LogP contribution < -0.4 is 5.32 Å². The molecule has 0 radical (unpaired) electrons. The van der Waals surface area contributed by atoms with Crippen LogP contribution in [-0.2, 0) is 5.41 Å². The first kappa shape index (κ1) is 15.7. The number of rotatable bonds is 3. The molecule has 0 bridgehead atoms. The van der Waals surface area contributed by atoms with Crippen molar-refractivity contribution in [2.75, 3.05) is 12.4 Å². The number of nitrogens with zero attached hydrogens (tertiary/aromatic N) is 4. The lowest BCUT2D eigenvalue weighted by Gasteiger charge is -2.19. The van der Waals surface area contributed by atoms with Crippen LogP contribution in [0.1, 0.15) is 37.7 Å². The minimum Gasteiger partial charge on any atom is -0.373 e. The van der Waals surface area contributed by atoms with E-state index in [9.17, 15) is 0 Å². The lowest BCUT2D eigenvalue weighted by atomic mass is 9.95. The van der Waals surface area contributed by atoms with E-state index in [1.807, 2.05) is 33.3 Å². The van der Waals surface area contributed by atoms with E-state index < -0.39 is 0 Å². The van der Waals surface area contributed by atoms with Crippen molar-refractivity contribution in [1.29, 1.82) is 0 Å². The second kappa shape index (κ2) is 5.97. The Morgan fingerprint density at radius 2 is 1.67 bits per heavy atom. The predicted molar refractivity (Wildman–Crippen MR) is 85.9 cm³/mol. The third-order valence-electron chi connectivity index (χ3n) is 2.95. The summed E-state index contributed by atoms with van der Waals surface area (Å²) in [5, 5.41) is 4.73. The van der Waals surface area contributed by atoms with Gasteiger partial charge >= 0.3 is 0 Å². The topological polar surface area (TPSA) is 63.6 Å². The molecule has 112 valence electrons. The molecule has 0 aliphatic rings. The van der Waals surface area contributed by atoms with Crippen LogP contribution in [0.3, 0.4) is 0 Å². The van der Waals surface area contributed by atoms with Crippen LogP contribution in [0.5, 0.6) is 0 Å². The van der Waals surface area contributed by atoms with Crippen molar-refractivity contribution >= 4 is 17.6 Å². The Bertz CT molecular complexity index is 632. The molecule has 0 aliphatic heterocycles. The molecule has 0 saturated heterocycles. The Labute approximate surface area is 130 Å². The fourth-order valence-corrected chi connectivity index (χ4v) is 2.46. The highest BCUT2D eigenvalue weighted by atomic mass is 32.2. The van der Waals surface area contributed by atoms with Gasteiger partial charge in [-0.15, -0.1) is 0 Å². The van der Waals surface area contributed by atoms with Gasteiger partial charge in [0.05, 0.1) is 0 Å². The van der Waals surface area contributed by atoms with E-state index in [0.29, 0.717) is 5.16 Å². The van der Waals surface area contributed by atoms with Gasteiger partial charge in [-0.3, -0.25) is 0 Å². The molecule has 2 aromatic rings. The zero-order valence-corrected chi connectivity index (χ0v) is 14.2. The van der Waals surface area contributed by atoms with Crippen LogP contribution >= 0.6 is 11.8 Å². The molecule has 2 aromatic heterocycles. The third kappa shape index (κ3) is 3.69. The smallest absolute Gasteiger partial charge is 0.193 e. The van der Waals surface area contributed by atoms with Gasteiger partial charge in [-0.25, -0.2) is 19.9 Å². The summed E-state index contributed by atoms with van der Waals surface area (Å²) in [6, 6.07) is 0. The van der Waals surface area contributed by atoms with Crippen molar-refractivity contribution in [3.63, 3.8) is 0 Å². The summed E-state index contributed by atoms with van der Waals surface area (Å²) >= 11 is 1.47. The quantitative estimate of drug-likeness (QED) is 0.693. The van der Waals surface area contributed by atoms with E-state index in [1.54, 1.807) is 0 Å². The molecule has 21 heavy (non-hydrogen) atoms. The Kier molecular flexibility index (Phi) is 4.46. The molecule has 0 fully saturated rings. The molecule has 0 aliphatic carbocycles. The standard InChI is InChI=1S/C15H21N5S/c1-9-7-17-14(18-8-9)21-12-10(2)11(16-6)19-13(20-12)15(3,4)5/h7-8H,1-6H3,(H,16,19,20). The monoisotopic (exact) mass is 303 g/mol. The molecule has 2 heterocycles. The van der Waals surface area contributed by atoms with E-state index in [2.05, 4.69) is 41.0 Å². The van der Waals surface area contributed by atoms with Crippen LogP contribution in [0, 0.1) is 13.8 Å². The van der Waals surface area contributed by atoms with Gasteiger partial charge in [-0.1, -0.05) is 20.8 Å². The molecule has 0 amide bonds. The van der Waals surface area contributed by atoms with E-state index in [-0.39, 0.29) is 5.41 Å². The molecule has 1 N–H and O–H groups in total. The number of hydrogen-bond acceptors (Lipinski definition) is 6. The molecule has 5 nitrogen and oxygen atoms in total. The van der Waals surface area contributed by atoms with Crippen molar-refractivity contribution in [3.8, 4) is 0 Å². The maximum Gasteiger partial charge on any atom is 0.193 e. The second-order valence-corrected chi connectivity index (χ2v) is 6.93. The highest BCUT2D eigenvalue weighted by Gasteiger charge is 2.21. The summed E-state index contributed by atoms with van der Waals surface area (Å²) in [5.74, 6) is 1.66. The average molecular weight is 303 g/mol. The number of aromatic nitrogens is 4. The van der Waals surface area contributed by atoms with Crippen LogP contribution in [0.2, 0.25) is 0 Å². The van der Waals surface area contributed by atoms with Gasteiger partial charge in [0.2, 0.25) is 0 Å². The minimum absolute atomic E-state index is 0.108. The maximum absolute atomic E-state index is 4.70. The Morgan fingerprint density at radius 3 is 2.19 bits per heavy atom. The Balaban J connectivity index is 2.44. The fourth-order valence-electron chi connectivity index (χ4n) is 1.69. The van der Waals surface area contributed by atoms with Gasteiger partial charge in [-0.05, 0) is 31.2 Å². The van der Waals surface area contributed by atoms with Gasteiger partial charge in [0.1, 0.15) is 16.7 Å². The van der Waals surface area contributed by atoms with Crippen molar-refractivity contribution in [2.24, 2.45) is 0 Å². The molecule has 2 rings (SSSR count). The van der Waals surface area contributed by atoms with Crippen LogP contribution in [-0.4, -0.2) is 27.0 Å². The number of anilines is 1. The lowest BCUT2D eigenvalue weighted by Crippen LogP contribution is -2.18. The van der Waals surface area contributed by atoms with Crippen molar-refractivity contribution in [1.82, 2.24) is 19.9 Å². The predicted octanol–water partition coefficient (Wildman–Crippen LogP) is 3.37. The molecular formula is C15H21N5S. The average Bonchev–Trinajstić information content (AvgIpc) is 2.42. The minimum atomic E-state index is -0.108. The molecule has 0 atom stereocenters. The summed E-state index contributed by atoms with van der Waals surface area (Å²) in [5.41, 5.74) is 1.95. The Morgan fingerprint density at radius 1 is 1.05 bits per heavy atom. The molecular weight excluding hydrogens is 282 g/mol.